The fourth-order valence-electron chi connectivity index (χ4n) is 4.37. The Bertz CT molecular complexity index is 1140. The summed E-state index contributed by atoms with van der Waals surface area (Å²) in [5.74, 6) is 0.981. The number of anilines is 2. The summed E-state index contributed by atoms with van der Waals surface area (Å²) in [6.07, 6.45) is -1.15. The van der Waals surface area contributed by atoms with Gasteiger partial charge in [-0.25, -0.2) is 28.1 Å². The van der Waals surface area contributed by atoms with E-state index in [1.165, 1.54) is 12.1 Å². The predicted molar refractivity (Wildman–Crippen MR) is 124 cm³/mol. The number of aryl methyl sites for hydroxylation is 1. The van der Waals surface area contributed by atoms with Gasteiger partial charge in [-0.15, -0.1) is 0 Å². The number of alkyl halides is 2. The molecule has 4 rings (SSSR count). The summed E-state index contributed by atoms with van der Waals surface area (Å²) in [6, 6.07) is 6.18. The number of aromatic nitrogens is 3. The molecule has 1 aliphatic rings. The van der Waals surface area contributed by atoms with E-state index in [1.807, 2.05) is 6.07 Å². The molecule has 1 N–H and O–H groups in total. The average molecular weight is 459 g/mol. The second-order valence-electron chi connectivity index (χ2n) is 8.86. The van der Waals surface area contributed by atoms with Crippen LogP contribution in [0, 0.1) is 12.7 Å². The van der Waals surface area contributed by atoms with Crippen molar-refractivity contribution in [3.63, 3.8) is 0 Å². The molecule has 1 fully saturated rings. The molecule has 1 saturated heterocycles. The third-order valence-electron chi connectivity index (χ3n) is 6.48. The van der Waals surface area contributed by atoms with Crippen LogP contribution in [-0.4, -0.2) is 52.1 Å². The van der Waals surface area contributed by atoms with Gasteiger partial charge < -0.3 is 10.2 Å². The molecule has 0 aliphatic carbocycles. The molecule has 176 valence electrons. The highest BCUT2D eigenvalue weighted by molar-refractivity contribution is 5.90. The Morgan fingerprint density at radius 2 is 1.76 bits per heavy atom. The summed E-state index contributed by atoms with van der Waals surface area (Å²) in [7, 11) is 2.13. The smallest absolute Gasteiger partial charge is 0.266 e. The fourth-order valence-corrected chi connectivity index (χ4v) is 4.37. The highest BCUT2D eigenvalue weighted by atomic mass is 19.3. The van der Waals surface area contributed by atoms with Crippen LogP contribution in [0.4, 0.5) is 24.8 Å². The Hall–Kier alpha value is -2.94. The lowest BCUT2D eigenvalue weighted by Gasteiger charge is -2.43. The van der Waals surface area contributed by atoms with Gasteiger partial charge in [-0.1, -0.05) is 18.2 Å². The van der Waals surface area contributed by atoms with Crippen LogP contribution in [-0.2, 0) is 0 Å². The first-order chi connectivity index (χ1) is 15.7. The number of rotatable bonds is 5. The van der Waals surface area contributed by atoms with Crippen LogP contribution >= 0.6 is 0 Å². The summed E-state index contributed by atoms with van der Waals surface area (Å²) in [5.41, 5.74) is 0.223. The number of hydrogen-bond acceptors (Lipinski definition) is 6. The molecule has 0 radical (unpaired) electrons. The van der Waals surface area contributed by atoms with Crippen LogP contribution in [0.2, 0.25) is 0 Å². The molecule has 2 aromatic heterocycles. The molecular formula is C24H29F3N6. The Morgan fingerprint density at radius 3 is 2.42 bits per heavy atom. The van der Waals surface area contributed by atoms with Crippen molar-refractivity contribution in [2.24, 2.45) is 0 Å². The fraction of sp³-hybridized carbons (Fsp3) is 0.458. The number of benzene rings is 1. The van der Waals surface area contributed by atoms with Crippen LogP contribution in [0.5, 0.6) is 0 Å². The van der Waals surface area contributed by atoms with Gasteiger partial charge in [0, 0.05) is 36.1 Å². The molecular weight excluding hydrogens is 429 g/mol. The lowest BCUT2D eigenvalue weighted by atomic mass is 10.0. The van der Waals surface area contributed by atoms with Crippen LogP contribution in [0.25, 0.3) is 10.9 Å². The van der Waals surface area contributed by atoms with Gasteiger partial charge >= 0.3 is 0 Å². The summed E-state index contributed by atoms with van der Waals surface area (Å²) >= 11 is 0. The highest BCUT2D eigenvalue weighted by Crippen LogP contribution is 2.31. The Morgan fingerprint density at radius 1 is 1.09 bits per heavy atom. The van der Waals surface area contributed by atoms with E-state index in [0.29, 0.717) is 29.2 Å². The quantitative estimate of drug-likeness (QED) is 0.573. The van der Waals surface area contributed by atoms with Gasteiger partial charge in [0.2, 0.25) is 0 Å². The zero-order valence-electron chi connectivity index (χ0n) is 19.5. The standard InChI is InChI=1S/C24H29F3N6/c1-13-11-33(12-14(2)32(13)5)21-9-19-20(10-28-21)30-16(4)31-24(19)29-15(3)17-7-6-8-18(22(17)25)23(26)27/h6-10,13-15,23H,11-12H2,1-5H3,(H,29,30,31)/t13-,14+,15?. The van der Waals surface area contributed by atoms with Crippen LogP contribution < -0.4 is 10.2 Å². The first kappa shape index (κ1) is 23.2. The first-order valence-electron chi connectivity index (χ1n) is 11.1. The molecule has 1 aliphatic heterocycles. The SMILES string of the molecule is Cc1nc(NC(C)c2cccc(C(F)F)c2F)c2cc(N3C[C@@H](C)N(C)[C@@H](C)C3)ncc2n1. The van der Waals surface area contributed by atoms with Crippen LogP contribution in [0.15, 0.2) is 30.5 Å². The summed E-state index contributed by atoms with van der Waals surface area (Å²) < 4.78 is 41.0. The average Bonchev–Trinajstić information content (AvgIpc) is 2.76. The van der Waals surface area contributed by atoms with E-state index in [0.717, 1.165) is 30.4 Å². The number of pyridine rings is 1. The molecule has 0 bridgehead atoms. The lowest BCUT2D eigenvalue weighted by molar-refractivity contribution is 0.146. The topological polar surface area (TPSA) is 57.2 Å². The van der Waals surface area contributed by atoms with E-state index in [4.69, 9.17) is 0 Å². The number of nitrogens with zero attached hydrogens (tertiary/aromatic N) is 5. The van der Waals surface area contributed by atoms with Crippen molar-refractivity contribution < 1.29 is 13.2 Å². The van der Waals surface area contributed by atoms with E-state index in [-0.39, 0.29) is 5.56 Å². The van der Waals surface area contributed by atoms with Crippen molar-refractivity contribution in [2.45, 2.75) is 52.2 Å². The van der Waals surface area contributed by atoms with Crippen molar-refractivity contribution in [3.8, 4) is 0 Å². The number of nitrogens with one attached hydrogen (secondary N) is 1. The second-order valence-corrected chi connectivity index (χ2v) is 8.86. The zero-order chi connectivity index (χ0) is 23.9. The summed E-state index contributed by atoms with van der Waals surface area (Å²) in [5, 5.41) is 3.97. The molecule has 3 heterocycles. The molecule has 0 saturated carbocycles. The minimum Gasteiger partial charge on any atom is -0.363 e. The Labute approximate surface area is 191 Å². The number of piperazine rings is 1. The number of fused-ring (bicyclic) bond motifs is 1. The van der Waals surface area contributed by atoms with Crippen molar-refractivity contribution >= 4 is 22.5 Å². The lowest BCUT2D eigenvalue weighted by Crippen LogP contribution is -2.55. The third-order valence-corrected chi connectivity index (χ3v) is 6.48. The first-order valence-corrected chi connectivity index (χ1v) is 11.1. The summed E-state index contributed by atoms with van der Waals surface area (Å²) in [4.78, 5) is 18.2. The molecule has 3 atom stereocenters. The maximum Gasteiger partial charge on any atom is 0.266 e. The second kappa shape index (κ2) is 9.13. The zero-order valence-corrected chi connectivity index (χ0v) is 19.5. The van der Waals surface area contributed by atoms with E-state index in [1.54, 1.807) is 20.0 Å². The number of likely N-dealkylation sites (N-methyl/N-ethyl adjacent to an activating group) is 1. The number of hydrogen-bond donors (Lipinski definition) is 1. The predicted octanol–water partition coefficient (Wildman–Crippen LogP) is 5.11. The van der Waals surface area contributed by atoms with Gasteiger partial charge in [0.15, 0.2) is 0 Å². The van der Waals surface area contributed by atoms with Crippen molar-refractivity contribution in [1.82, 2.24) is 19.9 Å². The van der Waals surface area contributed by atoms with Gasteiger partial charge in [-0.05, 0) is 40.8 Å². The van der Waals surface area contributed by atoms with Gasteiger partial charge in [-0.3, -0.25) is 4.90 Å². The van der Waals surface area contributed by atoms with Crippen LogP contribution in [0.1, 0.15) is 50.2 Å². The third kappa shape index (κ3) is 4.59. The van der Waals surface area contributed by atoms with Crippen molar-refractivity contribution in [3.05, 3.63) is 53.2 Å². The molecule has 33 heavy (non-hydrogen) atoms. The van der Waals surface area contributed by atoms with E-state index in [9.17, 15) is 13.2 Å². The highest BCUT2D eigenvalue weighted by Gasteiger charge is 2.28. The van der Waals surface area contributed by atoms with Gasteiger partial charge in [0.05, 0.1) is 23.3 Å². The van der Waals surface area contributed by atoms with Gasteiger partial charge in [0.1, 0.15) is 23.3 Å². The van der Waals surface area contributed by atoms with Gasteiger partial charge in [0.25, 0.3) is 6.43 Å². The Balaban J connectivity index is 1.69. The van der Waals surface area contributed by atoms with Crippen molar-refractivity contribution in [1.29, 1.82) is 0 Å². The number of halogens is 3. The van der Waals surface area contributed by atoms with E-state index < -0.39 is 23.8 Å². The maximum absolute atomic E-state index is 14.7. The molecule has 1 unspecified atom stereocenters. The molecule has 9 heteroatoms. The minimum atomic E-state index is -2.87. The maximum atomic E-state index is 14.7. The molecule has 0 spiro atoms. The molecule has 6 nitrogen and oxygen atoms in total. The van der Waals surface area contributed by atoms with Crippen LogP contribution in [0.3, 0.4) is 0 Å². The largest absolute Gasteiger partial charge is 0.363 e. The normalized spacial score (nSPS) is 20.5. The van der Waals surface area contributed by atoms with Gasteiger partial charge in [-0.2, -0.15) is 0 Å². The summed E-state index contributed by atoms with van der Waals surface area (Å²) in [6.45, 7) is 9.56. The molecule has 0 amide bonds. The molecule has 3 aromatic rings. The monoisotopic (exact) mass is 458 g/mol. The van der Waals surface area contributed by atoms with E-state index in [2.05, 4.69) is 51.0 Å². The Kier molecular flexibility index (Phi) is 6.43. The minimum absolute atomic E-state index is 0.160. The van der Waals surface area contributed by atoms with Crippen molar-refractivity contribution in [2.75, 3.05) is 30.4 Å². The molecule has 1 aromatic carbocycles. The van der Waals surface area contributed by atoms with E-state index >= 15 is 0 Å².